The molecular weight excluding hydrogens is 367 g/mol. The van der Waals surface area contributed by atoms with E-state index < -0.39 is 7.82 Å². The molecule has 10 heteroatoms. The van der Waals surface area contributed by atoms with E-state index in [1.54, 1.807) is 0 Å². The average Bonchev–Trinajstić information content (AvgIpc) is 2.59. The van der Waals surface area contributed by atoms with Crippen LogP contribution in [0.2, 0.25) is 0 Å². The number of hydrogen-bond donors (Lipinski definition) is 2. The summed E-state index contributed by atoms with van der Waals surface area (Å²) in [6.07, 6.45) is 15.7. The molecule has 0 unspecified atom stereocenters. The summed E-state index contributed by atoms with van der Waals surface area (Å²) in [6.45, 7) is 2.45. The molecule has 0 spiro atoms. The Morgan fingerprint density at radius 3 is 1.88 bits per heavy atom. The lowest BCUT2D eigenvalue weighted by atomic mass is 10.1. The lowest BCUT2D eigenvalue weighted by Gasteiger charge is -2.03. The zero-order chi connectivity index (χ0) is 19.3. The summed E-state index contributed by atoms with van der Waals surface area (Å²) in [6, 6.07) is 0. The van der Waals surface area contributed by atoms with E-state index in [4.69, 9.17) is 14.7 Å². The van der Waals surface area contributed by atoms with Crippen LogP contribution in [0.4, 0.5) is 0 Å². The molecule has 0 atom stereocenters. The van der Waals surface area contributed by atoms with Crippen molar-refractivity contribution >= 4 is 7.82 Å². The first-order chi connectivity index (χ1) is 12.6. The monoisotopic (exact) mass is 400 g/mol. The molecule has 0 aromatic heterocycles. The van der Waals surface area contributed by atoms with E-state index in [-0.39, 0.29) is 6.61 Å². The van der Waals surface area contributed by atoms with Crippen molar-refractivity contribution in [1.82, 2.24) is 0 Å². The zero-order valence-corrected chi connectivity index (χ0v) is 16.4. The Kier molecular flexibility index (Phi) is 18.9. The van der Waals surface area contributed by atoms with Crippen LogP contribution in [0.3, 0.4) is 0 Å². The highest BCUT2D eigenvalue weighted by Crippen LogP contribution is 2.35. The zero-order valence-electron chi connectivity index (χ0n) is 15.5. The highest BCUT2D eigenvalue weighted by atomic mass is 31.2. The predicted octanol–water partition coefficient (Wildman–Crippen LogP) is 4.66. The molecule has 156 valence electrons. The molecule has 26 heavy (non-hydrogen) atoms. The summed E-state index contributed by atoms with van der Waals surface area (Å²) in [4.78, 5) is 25.9. The van der Waals surface area contributed by atoms with Crippen LogP contribution in [0.1, 0.15) is 77.6 Å². The van der Waals surface area contributed by atoms with Gasteiger partial charge in [0.15, 0.2) is 0 Å². The summed E-state index contributed by atoms with van der Waals surface area (Å²) in [5.74, 6) is 0. The van der Waals surface area contributed by atoms with Gasteiger partial charge in [-0.05, 0) is 27.6 Å². The molecule has 0 fully saturated rings. The highest BCUT2D eigenvalue weighted by molar-refractivity contribution is 7.46. The van der Waals surface area contributed by atoms with Crippen LogP contribution in [-0.4, -0.2) is 23.0 Å². The van der Waals surface area contributed by atoms with E-state index in [1.807, 2.05) is 0 Å². The van der Waals surface area contributed by atoms with E-state index >= 15 is 0 Å². The van der Waals surface area contributed by atoms with Crippen molar-refractivity contribution in [3.8, 4) is 0 Å². The maximum Gasteiger partial charge on any atom is 0.524 e. The molecule has 2 N–H and O–H groups in total. The van der Waals surface area contributed by atoms with Gasteiger partial charge in [0.2, 0.25) is 0 Å². The first-order valence-corrected chi connectivity index (χ1v) is 10.7. The molecule has 0 amide bonds. The van der Waals surface area contributed by atoms with Crippen molar-refractivity contribution in [2.75, 3.05) is 13.2 Å². The van der Waals surface area contributed by atoms with Gasteiger partial charge in [-0.3, -0.25) is 9.79 Å². The fourth-order valence-electron chi connectivity index (χ4n) is 2.14. The minimum absolute atomic E-state index is 0.165. The smallest absolute Gasteiger partial charge is 0.412 e. The van der Waals surface area contributed by atoms with E-state index in [0.717, 1.165) is 25.2 Å². The third-order valence-electron chi connectivity index (χ3n) is 3.44. The predicted molar refractivity (Wildman–Crippen MR) is 93.9 cm³/mol. The maximum atomic E-state index is 10.3. The molecule has 0 bridgehead atoms. The molecule has 0 aliphatic heterocycles. The molecule has 0 heterocycles. The van der Waals surface area contributed by atoms with Gasteiger partial charge >= 0.3 is 7.82 Å². The van der Waals surface area contributed by atoms with Crippen LogP contribution in [0.5, 0.6) is 0 Å². The molecule has 0 aliphatic carbocycles. The molecule has 0 aromatic rings. The van der Waals surface area contributed by atoms with Crippen LogP contribution in [0.15, 0.2) is 12.3 Å². The second-order valence-electron chi connectivity index (χ2n) is 5.81. The number of phosphoric acid groups is 1. The summed E-state index contributed by atoms with van der Waals surface area (Å²) in [5.41, 5.74) is 0. The quantitative estimate of drug-likeness (QED) is 0.0990. The molecule has 0 aliphatic rings. The van der Waals surface area contributed by atoms with Crippen molar-refractivity contribution < 1.29 is 43.8 Å². The molecule has 0 saturated carbocycles. The second-order valence-corrected chi connectivity index (χ2v) is 7.01. The van der Waals surface area contributed by atoms with E-state index in [1.165, 1.54) is 57.8 Å². The van der Waals surface area contributed by atoms with Crippen molar-refractivity contribution in [1.29, 1.82) is 0 Å². The largest absolute Gasteiger partial charge is 0.524 e. The van der Waals surface area contributed by atoms with Crippen molar-refractivity contribution in [2.45, 2.75) is 77.6 Å². The topological polar surface area (TPSA) is 113 Å². The first-order valence-electron chi connectivity index (χ1n) is 9.19. The molecular formula is C16H33O9P. The third kappa shape index (κ3) is 23.5. The van der Waals surface area contributed by atoms with E-state index in [0.29, 0.717) is 6.61 Å². The molecule has 9 nitrogen and oxygen atoms in total. The van der Waals surface area contributed by atoms with Gasteiger partial charge in [0.05, 0.1) is 12.9 Å². The van der Waals surface area contributed by atoms with Crippen molar-refractivity contribution in [3.63, 3.8) is 0 Å². The summed E-state index contributed by atoms with van der Waals surface area (Å²) >= 11 is 0. The van der Waals surface area contributed by atoms with Crippen molar-refractivity contribution in [2.24, 2.45) is 0 Å². The van der Waals surface area contributed by atoms with Crippen LogP contribution in [0.25, 0.3) is 0 Å². The van der Waals surface area contributed by atoms with Gasteiger partial charge < -0.3 is 4.52 Å². The number of rotatable bonds is 20. The minimum atomic E-state index is -4.52. The summed E-state index contributed by atoms with van der Waals surface area (Å²) in [7, 11) is -4.52. The Hall–Kier alpha value is -0.510. The SMILES string of the molecule is CCCCCCCCCCCCCOOOOOCC=COP(=O)(O)O. The average molecular weight is 400 g/mol. The van der Waals surface area contributed by atoms with Crippen molar-refractivity contribution in [3.05, 3.63) is 12.3 Å². The molecule has 0 rings (SSSR count). The van der Waals surface area contributed by atoms with Crippen LogP contribution < -0.4 is 0 Å². The molecule has 0 radical (unpaired) electrons. The number of hydrogen-bond acceptors (Lipinski definition) is 7. The minimum Gasteiger partial charge on any atom is -0.412 e. The Bertz CT molecular complexity index is 360. The second kappa shape index (κ2) is 19.3. The van der Waals surface area contributed by atoms with Gasteiger partial charge in [0.25, 0.3) is 0 Å². The number of unbranched alkanes of at least 4 members (excludes halogenated alkanes) is 10. The standard InChI is InChI=1S/C16H33O9P/c1-2-3-4-5-6-7-8-9-10-11-12-14-20-23-25-24-21-15-13-16-22-26(17,18)19/h13,16H,2-12,14-15H2,1H3,(H2,17,18,19). The lowest BCUT2D eigenvalue weighted by molar-refractivity contribution is -0.707. The number of phosphoric ester groups is 1. The fraction of sp³-hybridized carbons (Fsp3) is 0.875. The Morgan fingerprint density at radius 1 is 0.769 bits per heavy atom. The molecule has 0 aromatic carbocycles. The van der Waals surface area contributed by atoms with Gasteiger partial charge in [-0.25, -0.2) is 9.45 Å². The maximum absolute atomic E-state index is 10.3. The Morgan fingerprint density at radius 2 is 1.31 bits per heavy atom. The van der Waals surface area contributed by atoms with Gasteiger partial charge in [-0.1, -0.05) is 71.1 Å². The van der Waals surface area contributed by atoms with Crippen LogP contribution >= 0.6 is 7.82 Å². The lowest BCUT2D eigenvalue weighted by Crippen LogP contribution is -2.01. The normalized spacial score (nSPS) is 12.1. The fourth-order valence-corrected chi connectivity index (χ4v) is 2.38. The van der Waals surface area contributed by atoms with E-state index in [9.17, 15) is 4.57 Å². The van der Waals surface area contributed by atoms with Gasteiger partial charge in [0, 0.05) is 0 Å². The highest BCUT2D eigenvalue weighted by Gasteiger charge is 2.10. The third-order valence-corrected chi connectivity index (χ3v) is 3.84. The Balaban J connectivity index is 3.08. The summed E-state index contributed by atoms with van der Waals surface area (Å²) < 4.78 is 14.3. The van der Waals surface area contributed by atoms with Gasteiger partial charge in [0.1, 0.15) is 6.61 Å². The molecule has 0 saturated heterocycles. The van der Waals surface area contributed by atoms with E-state index in [2.05, 4.69) is 31.4 Å². The Labute approximate surface area is 155 Å². The van der Waals surface area contributed by atoms with Gasteiger partial charge in [-0.2, -0.15) is 4.89 Å². The van der Waals surface area contributed by atoms with Crippen LogP contribution in [0, 0.1) is 0 Å². The van der Waals surface area contributed by atoms with Crippen LogP contribution in [-0.2, 0) is 34.0 Å². The summed E-state index contributed by atoms with van der Waals surface area (Å²) in [5, 5.41) is 12.5. The first kappa shape index (κ1) is 25.5. The van der Waals surface area contributed by atoms with Gasteiger partial charge in [-0.15, -0.1) is 0 Å².